The molecule has 8 atom stereocenters. The summed E-state index contributed by atoms with van der Waals surface area (Å²) in [5.74, 6) is 4.03. The van der Waals surface area contributed by atoms with Gasteiger partial charge in [0, 0.05) is 13.0 Å². The molecule has 0 spiro atoms. The third-order valence-electron chi connectivity index (χ3n) is 11.5. The number of aliphatic hydroxyl groups is 1. The Labute approximate surface area is 226 Å². The summed E-state index contributed by atoms with van der Waals surface area (Å²) in [6.45, 7) is 13.1. The van der Waals surface area contributed by atoms with Gasteiger partial charge in [0.25, 0.3) is 0 Å². The van der Waals surface area contributed by atoms with Crippen LogP contribution in [0.15, 0.2) is 23.5 Å². The van der Waals surface area contributed by atoms with Crippen molar-refractivity contribution in [1.29, 1.82) is 0 Å². The van der Waals surface area contributed by atoms with Crippen molar-refractivity contribution >= 4 is 5.97 Å². The van der Waals surface area contributed by atoms with E-state index in [2.05, 4.69) is 40.7 Å². The number of hydrogen-bond acceptors (Lipinski definition) is 3. The van der Waals surface area contributed by atoms with Gasteiger partial charge in [-0.1, -0.05) is 65.5 Å². The molecule has 0 amide bonds. The molecule has 0 heterocycles. The van der Waals surface area contributed by atoms with Crippen molar-refractivity contribution in [2.45, 2.75) is 124 Å². The van der Waals surface area contributed by atoms with Gasteiger partial charge in [-0.15, -0.1) is 0 Å². The number of allylic oxidation sites excluding steroid dienone is 2. The second kappa shape index (κ2) is 11.8. The molecule has 3 saturated carbocycles. The maximum Gasteiger partial charge on any atom is 0.331 e. The summed E-state index contributed by atoms with van der Waals surface area (Å²) in [6, 6.07) is 0. The number of carbonyl (C=O) groups is 1. The molecule has 0 aromatic heterocycles. The smallest absolute Gasteiger partial charge is 0.331 e. The monoisotopic (exact) mass is 514 g/mol. The Balaban J connectivity index is 1.34. The fraction of sp³-hybridized carbons (Fsp3) is 0.848. The minimum absolute atomic E-state index is 0.0725. The number of hydrogen-bond donors (Lipinski definition) is 2. The van der Waals surface area contributed by atoms with Crippen LogP contribution in [0.3, 0.4) is 0 Å². The average molecular weight is 515 g/mol. The first-order chi connectivity index (χ1) is 17.5. The molecule has 0 unspecified atom stereocenters. The SMILES string of the molecule is CC(C)CCC[C@@H](C)[C@H]1CC[C@H]2[C@@H]3CC=C4C[C@@H](OCCC/C(O)=C/C(=O)O)CC[C@]4(C)[C@H]3CC[C@]12C. The van der Waals surface area contributed by atoms with Crippen LogP contribution in [0.25, 0.3) is 0 Å². The summed E-state index contributed by atoms with van der Waals surface area (Å²) in [6.07, 6.45) is 19.4. The van der Waals surface area contributed by atoms with Crippen molar-refractivity contribution in [3.8, 4) is 0 Å². The molecule has 0 aliphatic heterocycles. The number of aliphatic carboxylic acids is 1. The molecule has 0 aromatic carbocycles. The lowest BCUT2D eigenvalue weighted by Crippen LogP contribution is -2.51. The Hall–Kier alpha value is -1.29. The summed E-state index contributed by atoms with van der Waals surface area (Å²) < 4.78 is 6.21. The molecule has 4 heteroatoms. The molecule has 0 bridgehead atoms. The molecule has 4 nitrogen and oxygen atoms in total. The Morgan fingerprint density at radius 1 is 1.05 bits per heavy atom. The van der Waals surface area contributed by atoms with E-state index in [1.807, 2.05) is 0 Å². The van der Waals surface area contributed by atoms with Gasteiger partial charge in [-0.3, -0.25) is 0 Å². The molecule has 37 heavy (non-hydrogen) atoms. The second-order valence-electron chi connectivity index (χ2n) is 14.1. The van der Waals surface area contributed by atoms with E-state index < -0.39 is 5.97 Å². The maximum atomic E-state index is 10.7. The third kappa shape index (κ3) is 6.15. The van der Waals surface area contributed by atoms with E-state index in [-0.39, 0.29) is 11.9 Å². The fourth-order valence-electron chi connectivity index (χ4n) is 9.51. The van der Waals surface area contributed by atoms with Crippen LogP contribution in [0.5, 0.6) is 0 Å². The van der Waals surface area contributed by atoms with Gasteiger partial charge in [0.05, 0.1) is 17.9 Å². The lowest BCUT2D eigenvalue weighted by molar-refractivity contribution is -0.131. The van der Waals surface area contributed by atoms with Crippen molar-refractivity contribution in [1.82, 2.24) is 0 Å². The van der Waals surface area contributed by atoms with Gasteiger partial charge in [-0.05, 0) is 104 Å². The topological polar surface area (TPSA) is 66.8 Å². The highest BCUT2D eigenvalue weighted by Crippen LogP contribution is 2.67. The number of carboxylic acid groups (broad SMARTS) is 1. The molecule has 4 rings (SSSR count). The van der Waals surface area contributed by atoms with Crippen molar-refractivity contribution in [2.24, 2.45) is 46.3 Å². The summed E-state index contributed by atoms with van der Waals surface area (Å²) >= 11 is 0. The number of carboxylic acids is 1. The minimum Gasteiger partial charge on any atom is -0.512 e. The number of fused-ring (bicyclic) bond motifs is 5. The van der Waals surface area contributed by atoms with Crippen molar-refractivity contribution in [2.75, 3.05) is 6.61 Å². The van der Waals surface area contributed by atoms with Crippen molar-refractivity contribution in [3.63, 3.8) is 0 Å². The highest BCUT2D eigenvalue weighted by atomic mass is 16.5. The summed E-state index contributed by atoms with van der Waals surface area (Å²) in [4.78, 5) is 10.7. The summed E-state index contributed by atoms with van der Waals surface area (Å²) in [5, 5.41) is 18.4. The molecule has 0 radical (unpaired) electrons. The highest BCUT2D eigenvalue weighted by Gasteiger charge is 2.59. The van der Waals surface area contributed by atoms with Crippen LogP contribution in [-0.2, 0) is 9.53 Å². The standard InChI is InChI=1S/C33H54O4/c1-22(2)8-6-9-23(3)28-13-14-29-27-12-11-24-20-26(37-19-7-10-25(34)21-31(35)36)15-17-32(24,4)30(27)16-18-33(28,29)5/h11,21-23,26-30,34H,6-10,12-20H2,1-5H3,(H,35,36)/b25-21-/t23-,26+,27+,28-,29+,30+,32+,33-/m1/s1. The van der Waals surface area contributed by atoms with E-state index >= 15 is 0 Å². The second-order valence-corrected chi connectivity index (χ2v) is 14.1. The zero-order valence-electron chi connectivity index (χ0n) is 24.3. The minimum atomic E-state index is -1.10. The Bertz CT molecular complexity index is 858. The molecule has 4 aliphatic carbocycles. The van der Waals surface area contributed by atoms with Crippen LogP contribution in [0, 0.1) is 46.3 Å². The van der Waals surface area contributed by atoms with E-state index in [4.69, 9.17) is 9.84 Å². The molecular weight excluding hydrogens is 460 g/mol. The number of ether oxygens (including phenoxy) is 1. The van der Waals surface area contributed by atoms with Gasteiger partial charge in [0.1, 0.15) is 0 Å². The lowest BCUT2D eigenvalue weighted by Gasteiger charge is -2.58. The van der Waals surface area contributed by atoms with E-state index in [0.29, 0.717) is 30.3 Å². The van der Waals surface area contributed by atoms with Gasteiger partial charge in [0.15, 0.2) is 0 Å². The average Bonchev–Trinajstić information content (AvgIpc) is 3.18. The van der Waals surface area contributed by atoms with E-state index in [9.17, 15) is 9.90 Å². The normalized spacial score (nSPS) is 38.5. The van der Waals surface area contributed by atoms with Gasteiger partial charge >= 0.3 is 5.97 Å². The first-order valence-corrected chi connectivity index (χ1v) is 15.5. The maximum absolute atomic E-state index is 10.7. The quantitative estimate of drug-likeness (QED) is 0.125. The third-order valence-corrected chi connectivity index (χ3v) is 11.5. The predicted octanol–water partition coefficient (Wildman–Crippen LogP) is 8.72. The van der Waals surface area contributed by atoms with Gasteiger partial charge in [0.2, 0.25) is 0 Å². The first kappa shape index (κ1) is 28.7. The largest absolute Gasteiger partial charge is 0.512 e. The first-order valence-electron chi connectivity index (χ1n) is 15.5. The van der Waals surface area contributed by atoms with Crippen LogP contribution in [0.1, 0.15) is 118 Å². The van der Waals surface area contributed by atoms with Crippen LogP contribution in [0.4, 0.5) is 0 Å². The molecule has 4 aliphatic rings. The molecule has 3 fully saturated rings. The van der Waals surface area contributed by atoms with E-state index in [1.165, 1.54) is 57.8 Å². The molecular formula is C33H54O4. The van der Waals surface area contributed by atoms with Gasteiger partial charge in [-0.2, -0.15) is 0 Å². The summed E-state index contributed by atoms with van der Waals surface area (Å²) in [7, 11) is 0. The van der Waals surface area contributed by atoms with Gasteiger partial charge < -0.3 is 14.9 Å². The fourth-order valence-corrected chi connectivity index (χ4v) is 9.51. The molecule has 210 valence electrons. The van der Waals surface area contributed by atoms with Crippen molar-refractivity contribution < 1.29 is 19.7 Å². The van der Waals surface area contributed by atoms with Crippen LogP contribution in [-0.4, -0.2) is 28.9 Å². The Morgan fingerprint density at radius 3 is 2.57 bits per heavy atom. The molecule has 0 saturated heterocycles. The number of rotatable bonds is 11. The van der Waals surface area contributed by atoms with Gasteiger partial charge in [-0.25, -0.2) is 4.79 Å². The van der Waals surface area contributed by atoms with Crippen LogP contribution >= 0.6 is 0 Å². The van der Waals surface area contributed by atoms with E-state index in [0.717, 1.165) is 54.4 Å². The lowest BCUT2D eigenvalue weighted by atomic mass is 9.47. The van der Waals surface area contributed by atoms with Crippen LogP contribution < -0.4 is 0 Å². The zero-order valence-corrected chi connectivity index (χ0v) is 24.3. The van der Waals surface area contributed by atoms with Crippen molar-refractivity contribution in [3.05, 3.63) is 23.5 Å². The predicted molar refractivity (Wildman–Crippen MR) is 150 cm³/mol. The molecule has 0 aromatic rings. The van der Waals surface area contributed by atoms with E-state index in [1.54, 1.807) is 5.57 Å². The highest BCUT2D eigenvalue weighted by molar-refractivity contribution is 5.80. The number of aliphatic hydroxyl groups excluding tert-OH is 1. The zero-order chi connectivity index (χ0) is 26.8. The van der Waals surface area contributed by atoms with Crippen LogP contribution in [0.2, 0.25) is 0 Å². The molecule has 2 N–H and O–H groups in total. The Kier molecular flexibility index (Phi) is 9.19. The summed E-state index contributed by atoms with van der Waals surface area (Å²) in [5.41, 5.74) is 2.54. The Morgan fingerprint density at radius 2 is 1.84 bits per heavy atom.